The number of imidazole rings is 1. The largest absolute Gasteiger partial charge is 0.497 e. The third kappa shape index (κ3) is 21.2. The number of ether oxygens (including phenoxy) is 1. The number of rotatable bonds is 14. The van der Waals surface area contributed by atoms with Crippen molar-refractivity contribution in [1.82, 2.24) is 72.7 Å². The van der Waals surface area contributed by atoms with Crippen LogP contribution in [0.15, 0.2) is 110 Å². The zero-order chi connectivity index (χ0) is 76.4. The monoisotopic (exact) mass is 1460 g/mol. The van der Waals surface area contributed by atoms with Crippen molar-refractivity contribution < 1.29 is 86.1 Å². The summed E-state index contributed by atoms with van der Waals surface area (Å²) in [5.41, 5.74) is 1.51. The lowest BCUT2D eigenvalue weighted by molar-refractivity contribution is -0.149. The van der Waals surface area contributed by atoms with Crippen LogP contribution in [0.25, 0.3) is 21.8 Å². The van der Waals surface area contributed by atoms with Gasteiger partial charge < -0.3 is 87.4 Å². The Bertz CT molecular complexity index is 4410. The first-order valence-electron chi connectivity index (χ1n) is 34.7. The van der Waals surface area contributed by atoms with Gasteiger partial charge >= 0.3 is 11.9 Å². The standard InChI is InChI=1S/C74H86F2N14O16/c1-40(91)25-45-11-5-6-23-78-63(93)28-43-9-7-10-44(26-43)35-81-62(92)21-20-56(72(103)104)89-73(105)74(3)22-8-24-90(74)71(102)61(27-42-12-16-51(106-4)17-13-42)88-69(100)59(33-50-38-77-39-82-50)86-70(101)60(34-64(94)95)87-68(99)58(30-47-37-80-55-19-15-49(76)32-53(47)55)85-67(98)57(84-65(96)41(2)83-66(45)97)29-46-36-79-54-18-14-48(75)31-52(46)54/h7,9-10,12-19,26,31-32,36-39,41,45,56-61,79-80H,5-6,8,11,20-25,27-30,33-35H2,1-4H3,(H,77,82)(H,78,93)(H,81,92)(H,83,97)(H,84,96)(H,85,98)(H,86,101)(H,87,99)(H,88,100)(H,89,105)(H,94,95)(H,103,104)/t41-,45+,56+,57+,58+,59+,60+,61+,74+/m1/s1. The first-order valence-corrected chi connectivity index (χ1v) is 34.7. The number of aromatic nitrogens is 4. The lowest BCUT2D eigenvalue weighted by atomic mass is 9.95. The highest BCUT2D eigenvalue weighted by Crippen LogP contribution is 2.32. The number of carboxylic acid groups (broad SMARTS) is 2. The molecule has 0 aliphatic carbocycles. The molecule has 1 fully saturated rings. The number of aliphatic carboxylic acids is 2. The van der Waals surface area contributed by atoms with Crippen molar-refractivity contribution in [1.29, 1.82) is 0 Å². The summed E-state index contributed by atoms with van der Waals surface area (Å²) in [5, 5.41) is 45.0. The minimum absolute atomic E-state index is 0.00770. The molecule has 1 saturated heterocycles. The number of methoxy groups -OCH3 is 1. The van der Waals surface area contributed by atoms with Gasteiger partial charge in [0, 0.05) is 110 Å². The third-order valence-electron chi connectivity index (χ3n) is 18.9. The number of carbonyl (C=O) groups is 13. The van der Waals surface area contributed by atoms with E-state index < -0.39 is 156 Å². The van der Waals surface area contributed by atoms with Crippen molar-refractivity contribution in [2.45, 2.75) is 165 Å². The summed E-state index contributed by atoms with van der Waals surface area (Å²) >= 11 is 0. The Balaban J connectivity index is 1.06. The Labute approximate surface area is 606 Å². The van der Waals surface area contributed by atoms with Crippen molar-refractivity contribution in [3.8, 4) is 5.75 Å². The molecule has 5 heterocycles. The van der Waals surface area contributed by atoms with Crippen LogP contribution in [0.2, 0.25) is 0 Å². The maximum Gasteiger partial charge on any atom is 0.326 e. The van der Waals surface area contributed by atoms with E-state index in [9.17, 15) is 57.8 Å². The quantitative estimate of drug-likeness (QED) is 0.0744. The number of Topliss-reactive ketones (excluding diaryl/α,β-unsaturated/α-hetero) is 1. The molecule has 3 aromatic heterocycles. The maximum absolute atomic E-state index is 15.3. The average molecular weight is 1470 g/mol. The normalized spacial score (nSPS) is 23.1. The Kier molecular flexibility index (Phi) is 26.6. The number of hydrogen-bond acceptors (Lipinski definition) is 15. The molecule has 106 heavy (non-hydrogen) atoms. The summed E-state index contributed by atoms with van der Waals surface area (Å²) < 4.78 is 35.3. The van der Waals surface area contributed by atoms with Gasteiger partial charge in [-0.1, -0.05) is 42.8 Å². The van der Waals surface area contributed by atoms with Crippen molar-refractivity contribution in [2.24, 2.45) is 5.92 Å². The molecule has 9 atom stereocenters. The highest BCUT2D eigenvalue weighted by atomic mass is 19.1. The average Bonchev–Trinajstić information content (AvgIpc) is 1.61. The molecule has 14 N–H and O–H groups in total. The van der Waals surface area contributed by atoms with Gasteiger partial charge in [-0.3, -0.25) is 52.7 Å². The molecule has 32 heteroatoms. The zero-order valence-electron chi connectivity index (χ0n) is 58.8. The van der Waals surface area contributed by atoms with E-state index in [-0.39, 0.29) is 99.3 Å². The van der Waals surface area contributed by atoms with Crippen LogP contribution < -0.4 is 52.6 Å². The van der Waals surface area contributed by atoms with Crippen molar-refractivity contribution in [3.63, 3.8) is 0 Å². The summed E-state index contributed by atoms with van der Waals surface area (Å²) in [7, 11) is 1.44. The van der Waals surface area contributed by atoms with E-state index in [2.05, 4.69) is 67.8 Å². The topological polar surface area (TPSA) is 443 Å². The number of amides is 10. The molecule has 562 valence electrons. The lowest BCUT2D eigenvalue weighted by Gasteiger charge is -2.37. The summed E-state index contributed by atoms with van der Waals surface area (Å²) in [6.07, 6.45) is 2.86. The molecule has 4 aromatic carbocycles. The number of ketones is 1. The number of H-pyrrole nitrogens is 3. The molecule has 2 aliphatic rings. The van der Waals surface area contributed by atoms with Crippen LogP contribution in [0.5, 0.6) is 5.75 Å². The van der Waals surface area contributed by atoms with E-state index in [1.54, 1.807) is 48.5 Å². The fourth-order valence-corrected chi connectivity index (χ4v) is 13.1. The van der Waals surface area contributed by atoms with E-state index in [4.69, 9.17) is 4.74 Å². The molecule has 30 nitrogen and oxygen atoms in total. The van der Waals surface area contributed by atoms with E-state index in [1.807, 2.05) is 0 Å². The molecular weight excluding hydrogens is 1380 g/mol. The molecule has 0 saturated carbocycles. The molecule has 0 unspecified atom stereocenters. The van der Waals surface area contributed by atoms with E-state index in [1.165, 1.54) is 88.0 Å². The van der Waals surface area contributed by atoms with Crippen molar-refractivity contribution in [2.75, 3.05) is 20.2 Å². The highest BCUT2D eigenvalue weighted by Gasteiger charge is 2.49. The van der Waals surface area contributed by atoms with Gasteiger partial charge in [-0.15, -0.1) is 0 Å². The van der Waals surface area contributed by atoms with Gasteiger partial charge in [-0.25, -0.2) is 18.6 Å². The predicted octanol–water partition coefficient (Wildman–Crippen LogP) is 2.82. The number of carbonyl (C=O) groups excluding carboxylic acids is 11. The zero-order valence-corrected chi connectivity index (χ0v) is 58.8. The van der Waals surface area contributed by atoms with Crippen LogP contribution >= 0.6 is 0 Å². The molecule has 9 rings (SSSR count). The van der Waals surface area contributed by atoms with E-state index >= 15 is 23.6 Å². The Morgan fingerprint density at radius 3 is 1.80 bits per heavy atom. The van der Waals surface area contributed by atoms with E-state index in [0.29, 0.717) is 57.3 Å². The maximum atomic E-state index is 15.3. The van der Waals surface area contributed by atoms with Gasteiger partial charge in [0.15, 0.2) is 0 Å². The van der Waals surface area contributed by atoms with Crippen LogP contribution in [-0.4, -0.2) is 180 Å². The summed E-state index contributed by atoms with van der Waals surface area (Å²) in [4.78, 5) is 197. The fourth-order valence-electron chi connectivity index (χ4n) is 13.1. The SMILES string of the molecule is COc1ccc(C[C@@H]2NC(=O)[C@H](Cc3cnc[nH]3)NC(=O)[C@H](CC(=O)O)NC(=O)[C@H](Cc3c[nH]c4ccc(F)cc34)NC(=O)[C@H](Cc3c[nH]c4ccc(F)cc34)NC(=O)[C@@H](C)NC(=O)[C@H](CC(C)=O)CCCCNC(=O)Cc3cccc(c3)CNC(=O)CC[C@@H](C(=O)O)NC(=O)[C@]3(C)CCCN3C2=O)cc1. The van der Waals surface area contributed by atoms with Gasteiger partial charge in [0.1, 0.15) is 71.0 Å². The number of carboxylic acids is 2. The Morgan fingerprint density at radius 2 is 1.21 bits per heavy atom. The first kappa shape index (κ1) is 78.3. The number of benzene rings is 4. The summed E-state index contributed by atoms with van der Waals surface area (Å²) in [5.74, 6) is -14.2. The number of fused-ring (bicyclic) bond motifs is 5. The smallest absolute Gasteiger partial charge is 0.326 e. The minimum atomic E-state index is -2.08. The second-order valence-corrected chi connectivity index (χ2v) is 26.9. The van der Waals surface area contributed by atoms with Crippen LogP contribution in [0.4, 0.5) is 8.78 Å². The van der Waals surface area contributed by atoms with Crippen LogP contribution in [0.1, 0.15) is 112 Å². The van der Waals surface area contributed by atoms with Crippen LogP contribution in [0.3, 0.4) is 0 Å². The third-order valence-corrected chi connectivity index (χ3v) is 18.9. The summed E-state index contributed by atoms with van der Waals surface area (Å²) in [6, 6.07) is 8.92. The second kappa shape index (κ2) is 36.0. The van der Waals surface area contributed by atoms with Crippen LogP contribution in [0, 0.1) is 17.6 Å². The van der Waals surface area contributed by atoms with Crippen molar-refractivity contribution >= 4 is 98.6 Å². The van der Waals surface area contributed by atoms with Gasteiger partial charge in [-0.2, -0.15) is 0 Å². The molecule has 2 aliphatic heterocycles. The number of aromatic amines is 3. The molecule has 7 aromatic rings. The Hall–Kier alpha value is -11.9. The first-order chi connectivity index (χ1) is 50.6. The van der Waals surface area contributed by atoms with Crippen LogP contribution in [-0.2, 0) is 101 Å². The number of hydrogen-bond donors (Lipinski definition) is 14. The van der Waals surface area contributed by atoms with Gasteiger partial charge in [0.05, 0.1) is 26.3 Å². The van der Waals surface area contributed by atoms with Gasteiger partial charge in [-0.05, 0) is 129 Å². The number of nitrogens with zero attached hydrogens (tertiary/aromatic N) is 2. The Morgan fingerprint density at radius 1 is 0.613 bits per heavy atom. The molecule has 2 bridgehead atoms. The molecule has 10 amide bonds. The number of halogens is 2. The predicted molar refractivity (Wildman–Crippen MR) is 378 cm³/mol. The van der Waals surface area contributed by atoms with Gasteiger partial charge in [0.2, 0.25) is 59.1 Å². The second-order valence-electron chi connectivity index (χ2n) is 26.9. The minimum Gasteiger partial charge on any atom is -0.497 e. The van der Waals surface area contributed by atoms with Crippen molar-refractivity contribution in [3.05, 3.63) is 155 Å². The summed E-state index contributed by atoms with van der Waals surface area (Å²) in [6.45, 7) is 4.16. The van der Waals surface area contributed by atoms with Gasteiger partial charge in [0.25, 0.3) is 0 Å². The molecular formula is C74H86F2N14O16. The van der Waals surface area contributed by atoms with E-state index in [0.717, 1.165) is 6.07 Å². The highest BCUT2D eigenvalue weighted by molar-refractivity contribution is 6.01. The molecule has 0 spiro atoms. The fraction of sp³-hybridized carbons (Fsp3) is 0.405. The number of nitrogens with one attached hydrogen (secondary N) is 12. The molecule has 0 radical (unpaired) electrons. The lowest BCUT2D eigenvalue weighted by Crippen LogP contribution is -2.63.